The molecule has 1 fully saturated rings. The van der Waals surface area contributed by atoms with Crippen LogP contribution in [0, 0.1) is 11.7 Å². The Labute approximate surface area is 128 Å². The van der Waals surface area contributed by atoms with Crippen molar-refractivity contribution in [3.05, 3.63) is 59.5 Å². The van der Waals surface area contributed by atoms with Gasteiger partial charge in [0.1, 0.15) is 5.82 Å². The fourth-order valence-corrected chi connectivity index (χ4v) is 2.56. The van der Waals surface area contributed by atoms with Gasteiger partial charge >= 0.3 is 0 Å². The van der Waals surface area contributed by atoms with Crippen molar-refractivity contribution < 1.29 is 13.9 Å². The monoisotopic (exact) mass is 300 g/mol. The number of amides is 1. The average Bonchev–Trinajstić information content (AvgIpc) is 3.34. The Morgan fingerprint density at radius 1 is 1.36 bits per heavy atom. The van der Waals surface area contributed by atoms with Crippen LogP contribution in [0.25, 0.3) is 0 Å². The van der Waals surface area contributed by atoms with E-state index < -0.39 is 0 Å². The lowest BCUT2D eigenvalue weighted by molar-refractivity contribution is -0.122. The molecule has 2 atom stereocenters. The smallest absolute Gasteiger partial charge is 0.224 e. The van der Waals surface area contributed by atoms with Gasteiger partial charge in [-0.15, -0.1) is 0 Å². The first-order valence-corrected chi connectivity index (χ1v) is 7.19. The number of halogens is 1. The first-order chi connectivity index (χ1) is 10.7. The number of pyridine rings is 1. The van der Waals surface area contributed by atoms with E-state index >= 15 is 0 Å². The predicted molar refractivity (Wildman–Crippen MR) is 79.9 cm³/mol. The van der Waals surface area contributed by atoms with Gasteiger partial charge in [0.25, 0.3) is 0 Å². The number of nitrogens with one attached hydrogen (secondary N) is 1. The molecule has 5 heteroatoms. The molecule has 0 aliphatic heterocycles. The molecule has 0 spiro atoms. The van der Waals surface area contributed by atoms with Crippen LogP contribution >= 0.6 is 0 Å². The Balaban J connectivity index is 1.54. The lowest BCUT2D eigenvalue weighted by Gasteiger charge is -2.06. The van der Waals surface area contributed by atoms with Crippen molar-refractivity contribution in [1.29, 1.82) is 0 Å². The van der Waals surface area contributed by atoms with Crippen molar-refractivity contribution in [1.82, 2.24) is 10.3 Å². The molecule has 4 nitrogen and oxygen atoms in total. The summed E-state index contributed by atoms with van der Waals surface area (Å²) in [6.07, 6.45) is 2.47. The largest absolute Gasteiger partial charge is 0.481 e. The molecular formula is C17H17FN2O2. The second-order valence-corrected chi connectivity index (χ2v) is 5.42. The molecule has 3 rings (SSSR count). The Kier molecular flexibility index (Phi) is 4.04. The number of aromatic nitrogens is 1. The summed E-state index contributed by atoms with van der Waals surface area (Å²) in [7, 11) is 1.56. The molecule has 1 saturated carbocycles. The number of methoxy groups -OCH3 is 1. The third-order valence-electron chi connectivity index (χ3n) is 3.90. The van der Waals surface area contributed by atoms with Crippen molar-refractivity contribution in [3.63, 3.8) is 0 Å². The zero-order chi connectivity index (χ0) is 15.5. The Morgan fingerprint density at radius 2 is 2.14 bits per heavy atom. The SMILES string of the molecule is COc1cc(CNC(=O)[C@@H]2C[C@@H]2c2ccc(F)cc2)ccn1. The van der Waals surface area contributed by atoms with Gasteiger partial charge in [-0.2, -0.15) is 0 Å². The van der Waals surface area contributed by atoms with Crippen LogP contribution in [0.4, 0.5) is 4.39 Å². The third-order valence-corrected chi connectivity index (χ3v) is 3.90. The Morgan fingerprint density at radius 3 is 2.86 bits per heavy atom. The maximum absolute atomic E-state index is 12.9. The van der Waals surface area contributed by atoms with E-state index in [1.54, 1.807) is 31.5 Å². The molecule has 0 bridgehead atoms. The molecule has 1 N–H and O–H groups in total. The van der Waals surface area contributed by atoms with Crippen LogP contribution in [-0.4, -0.2) is 18.0 Å². The highest BCUT2D eigenvalue weighted by Gasteiger charge is 2.43. The summed E-state index contributed by atoms with van der Waals surface area (Å²) in [6, 6.07) is 10.0. The fourth-order valence-electron chi connectivity index (χ4n) is 2.56. The summed E-state index contributed by atoms with van der Waals surface area (Å²) in [5.41, 5.74) is 1.96. The molecule has 2 aromatic rings. The summed E-state index contributed by atoms with van der Waals surface area (Å²) in [4.78, 5) is 16.2. The maximum Gasteiger partial charge on any atom is 0.224 e. The molecule has 1 aromatic heterocycles. The van der Waals surface area contributed by atoms with Gasteiger partial charge in [-0.3, -0.25) is 4.79 Å². The summed E-state index contributed by atoms with van der Waals surface area (Å²) < 4.78 is 18.0. The number of carbonyl (C=O) groups is 1. The lowest BCUT2D eigenvalue weighted by atomic mass is 10.1. The molecule has 22 heavy (non-hydrogen) atoms. The van der Waals surface area contributed by atoms with E-state index in [0.29, 0.717) is 12.4 Å². The zero-order valence-corrected chi connectivity index (χ0v) is 12.3. The minimum absolute atomic E-state index is 0.0193. The van der Waals surface area contributed by atoms with Crippen LogP contribution < -0.4 is 10.1 Å². The number of ether oxygens (including phenoxy) is 1. The summed E-state index contributed by atoms with van der Waals surface area (Å²) >= 11 is 0. The summed E-state index contributed by atoms with van der Waals surface area (Å²) in [5.74, 6) is 0.492. The fraction of sp³-hybridized carbons (Fsp3) is 0.294. The van der Waals surface area contributed by atoms with E-state index in [-0.39, 0.29) is 23.6 Å². The second kappa shape index (κ2) is 6.13. The van der Waals surface area contributed by atoms with Crippen LogP contribution in [0.2, 0.25) is 0 Å². The molecule has 1 heterocycles. The molecule has 0 saturated heterocycles. The Hall–Kier alpha value is -2.43. The van der Waals surface area contributed by atoms with Crippen molar-refractivity contribution in [2.24, 2.45) is 5.92 Å². The predicted octanol–water partition coefficient (Wildman–Crippen LogP) is 2.65. The number of nitrogens with zero attached hydrogens (tertiary/aromatic N) is 1. The highest BCUT2D eigenvalue weighted by atomic mass is 19.1. The van der Waals surface area contributed by atoms with Crippen LogP contribution in [0.3, 0.4) is 0 Å². The number of benzene rings is 1. The van der Waals surface area contributed by atoms with E-state index in [9.17, 15) is 9.18 Å². The topological polar surface area (TPSA) is 51.2 Å². The standard InChI is InChI=1S/C17H17FN2O2/c1-22-16-8-11(6-7-19-16)10-20-17(21)15-9-14(15)12-2-4-13(18)5-3-12/h2-8,14-15H,9-10H2,1H3,(H,20,21)/t14-,15-/m1/s1. The van der Waals surface area contributed by atoms with Gasteiger partial charge in [0.05, 0.1) is 7.11 Å². The van der Waals surface area contributed by atoms with Crippen LogP contribution in [0.15, 0.2) is 42.6 Å². The maximum atomic E-state index is 12.9. The molecule has 114 valence electrons. The minimum Gasteiger partial charge on any atom is -0.481 e. The minimum atomic E-state index is -0.253. The summed E-state index contributed by atoms with van der Waals surface area (Å²) in [6.45, 7) is 0.449. The number of carbonyl (C=O) groups excluding carboxylic acids is 1. The van der Waals surface area contributed by atoms with E-state index in [1.807, 2.05) is 6.07 Å². The Bertz CT molecular complexity index is 673. The van der Waals surface area contributed by atoms with E-state index in [1.165, 1.54) is 12.1 Å². The first kappa shape index (κ1) is 14.5. The van der Waals surface area contributed by atoms with Crippen LogP contribution in [0.5, 0.6) is 5.88 Å². The van der Waals surface area contributed by atoms with Gasteiger partial charge in [-0.25, -0.2) is 9.37 Å². The van der Waals surface area contributed by atoms with Crippen molar-refractivity contribution >= 4 is 5.91 Å². The second-order valence-electron chi connectivity index (χ2n) is 5.42. The number of hydrogen-bond acceptors (Lipinski definition) is 3. The van der Waals surface area contributed by atoms with Gasteiger partial charge < -0.3 is 10.1 Å². The van der Waals surface area contributed by atoms with Crippen molar-refractivity contribution in [2.75, 3.05) is 7.11 Å². The van der Waals surface area contributed by atoms with E-state index in [0.717, 1.165) is 17.5 Å². The molecular weight excluding hydrogens is 283 g/mol. The van der Waals surface area contributed by atoms with E-state index in [2.05, 4.69) is 10.3 Å². The van der Waals surface area contributed by atoms with Gasteiger partial charge in [-0.05, 0) is 41.7 Å². The number of rotatable bonds is 5. The highest BCUT2D eigenvalue weighted by molar-refractivity contribution is 5.82. The molecule has 1 aliphatic carbocycles. The molecule has 1 aromatic carbocycles. The zero-order valence-electron chi connectivity index (χ0n) is 12.3. The first-order valence-electron chi connectivity index (χ1n) is 7.19. The van der Waals surface area contributed by atoms with Gasteiger partial charge in [0, 0.05) is 24.7 Å². The quantitative estimate of drug-likeness (QED) is 0.923. The van der Waals surface area contributed by atoms with Crippen molar-refractivity contribution in [3.8, 4) is 5.88 Å². The third kappa shape index (κ3) is 3.24. The van der Waals surface area contributed by atoms with Crippen molar-refractivity contribution in [2.45, 2.75) is 18.9 Å². The van der Waals surface area contributed by atoms with Crippen LogP contribution in [-0.2, 0) is 11.3 Å². The van der Waals surface area contributed by atoms with Gasteiger partial charge in [0.2, 0.25) is 11.8 Å². The lowest BCUT2D eigenvalue weighted by Crippen LogP contribution is -2.24. The molecule has 1 amide bonds. The molecule has 1 aliphatic rings. The molecule has 0 unspecified atom stereocenters. The van der Waals surface area contributed by atoms with Gasteiger partial charge in [-0.1, -0.05) is 12.1 Å². The average molecular weight is 300 g/mol. The van der Waals surface area contributed by atoms with Crippen LogP contribution in [0.1, 0.15) is 23.5 Å². The van der Waals surface area contributed by atoms with E-state index in [4.69, 9.17) is 4.74 Å². The highest BCUT2D eigenvalue weighted by Crippen LogP contribution is 2.47. The van der Waals surface area contributed by atoms with Gasteiger partial charge in [0.15, 0.2) is 0 Å². The molecule has 0 radical (unpaired) electrons. The summed E-state index contributed by atoms with van der Waals surface area (Å²) in [5, 5.41) is 2.93. The normalized spacial score (nSPS) is 19.5. The number of hydrogen-bond donors (Lipinski definition) is 1.